The van der Waals surface area contributed by atoms with Gasteiger partial charge in [-0.15, -0.1) is 0 Å². The van der Waals surface area contributed by atoms with E-state index in [0.29, 0.717) is 6.54 Å². The Morgan fingerprint density at radius 3 is 2.49 bits per heavy atom. The van der Waals surface area contributed by atoms with Crippen LogP contribution in [-0.2, 0) is 23.9 Å². The van der Waals surface area contributed by atoms with Gasteiger partial charge in [-0.2, -0.15) is 0 Å². The monoisotopic (exact) mass is 480 g/mol. The summed E-state index contributed by atoms with van der Waals surface area (Å²) < 4.78 is 11.9. The summed E-state index contributed by atoms with van der Waals surface area (Å²) in [6, 6.07) is 4.22. The van der Waals surface area contributed by atoms with Crippen LogP contribution >= 0.6 is 0 Å². The molecule has 0 radical (unpaired) electrons. The second-order valence-corrected chi connectivity index (χ2v) is 10.2. The number of benzene rings is 1. The van der Waals surface area contributed by atoms with Gasteiger partial charge in [0, 0.05) is 12.2 Å². The highest BCUT2D eigenvalue weighted by Gasteiger charge is 2.72. The lowest BCUT2D eigenvalue weighted by Crippen LogP contribution is -2.59. The Morgan fingerprint density at radius 1 is 1.11 bits per heavy atom. The molecule has 8 heteroatoms. The molecule has 35 heavy (non-hydrogen) atoms. The molecule has 1 aromatic carbocycles. The summed E-state index contributed by atoms with van der Waals surface area (Å²) in [5.74, 6) is -3.04. The fourth-order valence-electron chi connectivity index (χ4n) is 6.32. The van der Waals surface area contributed by atoms with E-state index in [1.165, 1.54) is 4.90 Å². The Bertz CT molecular complexity index is 1110. The molecule has 186 valence electrons. The number of nitrogens with zero attached hydrogens (tertiary/aromatic N) is 2. The first-order valence-electron chi connectivity index (χ1n) is 12.2. The number of carbonyl (C=O) groups is 3. The van der Waals surface area contributed by atoms with E-state index < -0.39 is 41.6 Å². The smallest absolute Gasteiger partial charge is 0.313 e. The van der Waals surface area contributed by atoms with Crippen molar-refractivity contribution >= 4 is 23.5 Å². The average molecular weight is 481 g/mol. The van der Waals surface area contributed by atoms with Gasteiger partial charge in [-0.05, 0) is 37.0 Å². The van der Waals surface area contributed by atoms with Crippen molar-refractivity contribution in [3.63, 3.8) is 0 Å². The van der Waals surface area contributed by atoms with Crippen LogP contribution in [0.1, 0.15) is 25.0 Å². The maximum absolute atomic E-state index is 14.4. The molecule has 8 nitrogen and oxygen atoms in total. The normalized spacial score (nSPS) is 32.8. The number of anilines is 1. The van der Waals surface area contributed by atoms with Crippen LogP contribution in [0.25, 0.3) is 0 Å². The number of carbonyl (C=O) groups excluding carboxylic acids is 3. The number of likely N-dealkylation sites (tertiary alicyclic amines) is 1. The number of hydrogen-bond donors (Lipinski definition) is 1. The van der Waals surface area contributed by atoms with Crippen LogP contribution in [0.4, 0.5) is 5.69 Å². The predicted molar refractivity (Wildman–Crippen MR) is 128 cm³/mol. The second kappa shape index (κ2) is 8.60. The maximum Gasteiger partial charge on any atom is 0.313 e. The molecule has 1 spiro atoms. The zero-order chi connectivity index (χ0) is 25.1. The number of aliphatic hydroxyl groups excluding tert-OH is 1. The van der Waals surface area contributed by atoms with Crippen LogP contribution in [0, 0.1) is 31.6 Å². The van der Waals surface area contributed by atoms with Crippen molar-refractivity contribution in [3.05, 3.63) is 53.6 Å². The first-order valence-corrected chi connectivity index (χ1v) is 12.2. The molecule has 2 saturated heterocycles. The maximum atomic E-state index is 14.4. The lowest BCUT2D eigenvalue weighted by atomic mass is 9.78. The van der Waals surface area contributed by atoms with Crippen LogP contribution in [0.5, 0.6) is 0 Å². The van der Waals surface area contributed by atoms with Gasteiger partial charge < -0.3 is 24.4 Å². The minimum Gasteiger partial charge on any atom is -0.461 e. The van der Waals surface area contributed by atoms with Gasteiger partial charge in [-0.3, -0.25) is 14.4 Å². The highest BCUT2D eigenvalue weighted by Crippen LogP contribution is 2.54. The number of fused-ring (bicyclic) bond motifs is 2. The number of para-hydroxylation sites is 1. The van der Waals surface area contributed by atoms with E-state index in [2.05, 4.69) is 0 Å². The van der Waals surface area contributed by atoms with Gasteiger partial charge in [0.1, 0.15) is 24.2 Å². The Labute approximate surface area is 205 Å². The van der Waals surface area contributed by atoms with E-state index in [-0.39, 0.29) is 30.9 Å². The van der Waals surface area contributed by atoms with Crippen LogP contribution in [-0.4, -0.2) is 71.3 Å². The number of esters is 1. The third kappa shape index (κ3) is 3.37. The number of rotatable bonds is 4. The van der Waals surface area contributed by atoms with Gasteiger partial charge in [-0.25, -0.2) is 0 Å². The molecular formula is C27H32N2O6. The molecule has 6 atom stereocenters. The third-order valence-electron chi connectivity index (χ3n) is 7.87. The molecule has 0 aromatic heterocycles. The van der Waals surface area contributed by atoms with Gasteiger partial charge in [0.2, 0.25) is 5.91 Å². The lowest BCUT2D eigenvalue weighted by molar-refractivity contribution is -0.154. The summed E-state index contributed by atoms with van der Waals surface area (Å²) in [5.41, 5.74) is 1.35. The van der Waals surface area contributed by atoms with Gasteiger partial charge in [0.25, 0.3) is 5.91 Å². The fourth-order valence-corrected chi connectivity index (χ4v) is 6.32. The molecule has 1 N–H and O–H groups in total. The predicted octanol–water partition coefficient (Wildman–Crippen LogP) is 1.92. The highest BCUT2D eigenvalue weighted by molar-refractivity contribution is 6.06. The quantitative estimate of drug-likeness (QED) is 0.523. The summed E-state index contributed by atoms with van der Waals surface area (Å²) in [7, 11) is 0. The summed E-state index contributed by atoms with van der Waals surface area (Å²) >= 11 is 0. The number of ether oxygens (including phenoxy) is 2. The topological polar surface area (TPSA) is 96.4 Å². The zero-order valence-electron chi connectivity index (χ0n) is 20.5. The molecule has 4 aliphatic heterocycles. The largest absolute Gasteiger partial charge is 0.461 e. The Morgan fingerprint density at radius 2 is 1.83 bits per heavy atom. The van der Waals surface area contributed by atoms with E-state index in [4.69, 9.17) is 9.47 Å². The van der Waals surface area contributed by atoms with Crippen LogP contribution in [0.2, 0.25) is 0 Å². The van der Waals surface area contributed by atoms with Crippen LogP contribution < -0.4 is 4.90 Å². The number of aliphatic hydroxyl groups is 1. The van der Waals surface area contributed by atoms with Gasteiger partial charge in [-0.1, -0.05) is 50.3 Å². The van der Waals surface area contributed by atoms with Gasteiger partial charge >= 0.3 is 5.97 Å². The van der Waals surface area contributed by atoms with E-state index >= 15 is 0 Å². The zero-order valence-corrected chi connectivity index (χ0v) is 20.5. The summed E-state index contributed by atoms with van der Waals surface area (Å²) in [5, 5.41) is 10.3. The van der Waals surface area contributed by atoms with Crippen molar-refractivity contribution in [1.29, 1.82) is 0 Å². The Kier molecular flexibility index (Phi) is 5.84. The first kappa shape index (κ1) is 23.8. The van der Waals surface area contributed by atoms with E-state index in [9.17, 15) is 19.5 Å². The highest BCUT2D eigenvalue weighted by atomic mass is 16.6. The first-order chi connectivity index (χ1) is 16.7. The van der Waals surface area contributed by atoms with Crippen molar-refractivity contribution in [1.82, 2.24) is 4.90 Å². The Hall–Kier alpha value is -2.97. The molecule has 2 fully saturated rings. The standard InChI is InChI=1S/C27H32N2O6/c1-15(2)18(14-30)29-23-25(32)28(22-16(3)8-5-9-17(22)4)12-7-11-27(23)21(24(29)31)20-19(35-27)10-6-13-34-26(20)33/h5-11,15,18-21,23,30H,12-14H2,1-4H3/t18-,19+,20-,21-,23?,27-/m0/s1. The molecule has 4 heterocycles. The SMILES string of the molecule is Cc1cccc(C)c1N1CC=C[C@]23O[C@@H]4C=CCOC(=O)[C@@H]4[C@H]2C(=O)N([C@@H](CO)C(C)C)C3C1=O. The third-order valence-corrected chi connectivity index (χ3v) is 7.87. The van der Waals surface area contributed by atoms with Gasteiger partial charge in [0.05, 0.1) is 24.7 Å². The van der Waals surface area contributed by atoms with Crippen molar-refractivity contribution < 1.29 is 29.0 Å². The van der Waals surface area contributed by atoms with E-state index in [0.717, 1.165) is 16.8 Å². The van der Waals surface area contributed by atoms with Crippen molar-refractivity contribution in [3.8, 4) is 0 Å². The van der Waals surface area contributed by atoms with Crippen molar-refractivity contribution in [2.45, 2.75) is 51.5 Å². The molecule has 0 aliphatic carbocycles. The van der Waals surface area contributed by atoms with E-state index in [1.54, 1.807) is 23.1 Å². The summed E-state index contributed by atoms with van der Waals surface area (Å²) in [6.07, 6.45) is 6.47. The lowest BCUT2D eigenvalue weighted by Gasteiger charge is -2.40. The molecule has 1 unspecified atom stereocenters. The molecule has 2 amide bonds. The van der Waals surface area contributed by atoms with Crippen LogP contribution in [0.15, 0.2) is 42.5 Å². The summed E-state index contributed by atoms with van der Waals surface area (Å²) in [6.45, 7) is 7.84. The molecule has 5 rings (SSSR count). The molecule has 0 saturated carbocycles. The summed E-state index contributed by atoms with van der Waals surface area (Å²) in [4.78, 5) is 44.7. The molecule has 4 aliphatic rings. The molecule has 0 bridgehead atoms. The molecular weight excluding hydrogens is 448 g/mol. The van der Waals surface area contributed by atoms with Crippen molar-refractivity contribution in [2.24, 2.45) is 17.8 Å². The second-order valence-electron chi connectivity index (χ2n) is 10.2. The minimum absolute atomic E-state index is 0.120. The Balaban J connectivity index is 1.69. The van der Waals surface area contributed by atoms with E-state index in [1.807, 2.05) is 52.0 Å². The number of cyclic esters (lactones) is 1. The average Bonchev–Trinajstić information content (AvgIpc) is 3.10. The van der Waals surface area contributed by atoms with Crippen LogP contribution in [0.3, 0.4) is 0 Å². The number of aryl methyl sites for hydroxylation is 2. The van der Waals surface area contributed by atoms with Crippen molar-refractivity contribution in [2.75, 3.05) is 24.7 Å². The minimum atomic E-state index is -1.34. The molecule has 1 aromatic rings. The fraction of sp³-hybridized carbons (Fsp3) is 0.519. The number of amides is 2. The van der Waals surface area contributed by atoms with Gasteiger partial charge in [0.15, 0.2) is 0 Å². The number of hydrogen-bond acceptors (Lipinski definition) is 6.